The monoisotopic (exact) mass is 408 g/mol. The van der Waals surface area contributed by atoms with E-state index in [0.717, 1.165) is 36.7 Å². The summed E-state index contributed by atoms with van der Waals surface area (Å²) in [6.45, 7) is 4.66. The lowest BCUT2D eigenvalue weighted by atomic mass is 10.1. The molecule has 1 aromatic carbocycles. The Hall–Kier alpha value is -2.00. The minimum Gasteiger partial charge on any atom is -0.302 e. The Balaban J connectivity index is 2.59. The van der Waals surface area contributed by atoms with Gasteiger partial charge in [0.2, 0.25) is 0 Å². The number of rotatable bonds is 4. The van der Waals surface area contributed by atoms with Crippen molar-refractivity contribution in [2.75, 3.05) is 17.7 Å². The van der Waals surface area contributed by atoms with E-state index in [1.807, 2.05) is 0 Å². The second-order valence-corrected chi connectivity index (χ2v) is 6.78. The third-order valence-electron chi connectivity index (χ3n) is 3.69. The molecule has 0 radical (unpaired) electrons. The van der Waals surface area contributed by atoms with Crippen LogP contribution in [0.3, 0.4) is 0 Å². The number of hydrogen-bond donors (Lipinski definition) is 0. The highest BCUT2D eigenvalue weighted by molar-refractivity contribution is 8.00. The molecular formula is C16H13ClF4N2O2S. The zero-order chi connectivity index (χ0) is 19.8. The van der Waals surface area contributed by atoms with Gasteiger partial charge in [0.15, 0.2) is 0 Å². The third-order valence-corrected chi connectivity index (χ3v) is 5.07. The first kappa shape index (κ1) is 20.3. The zero-order valence-electron chi connectivity index (χ0n) is 13.7. The molecule has 0 saturated heterocycles. The van der Waals surface area contributed by atoms with Gasteiger partial charge in [-0.3, -0.25) is 9.80 Å². The summed E-state index contributed by atoms with van der Waals surface area (Å²) in [4.78, 5) is 24.5. The summed E-state index contributed by atoms with van der Waals surface area (Å²) < 4.78 is 54.1. The van der Waals surface area contributed by atoms with Crippen LogP contribution in [0.2, 0.25) is 5.02 Å². The van der Waals surface area contributed by atoms with E-state index >= 15 is 0 Å². The lowest BCUT2D eigenvalue weighted by Crippen LogP contribution is -2.48. The maximum absolute atomic E-state index is 14.4. The van der Waals surface area contributed by atoms with Gasteiger partial charge in [-0.05, 0) is 19.1 Å². The number of alkyl halides is 3. The van der Waals surface area contributed by atoms with Crippen molar-refractivity contribution >= 4 is 41.4 Å². The van der Waals surface area contributed by atoms with Crippen molar-refractivity contribution in [3.8, 4) is 0 Å². The van der Waals surface area contributed by atoms with Crippen LogP contribution in [0.5, 0.6) is 0 Å². The third kappa shape index (κ3) is 3.59. The van der Waals surface area contributed by atoms with Gasteiger partial charge in [0, 0.05) is 23.2 Å². The van der Waals surface area contributed by atoms with E-state index in [4.69, 9.17) is 11.6 Å². The number of anilines is 1. The fourth-order valence-electron chi connectivity index (χ4n) is 2.49. The second-order valence-electron chi connectivity index (χ2n) is 5.31. The van der Waals surface area contributed by atoms with Crippen LogP contribution in [0.25, 0.3) is 0 Å². The number of nitrogens with zero attached hydrogens (tertiary/aromatic N) is 2. The van der Waals surface area contributed by atoms with Crippen LogP contribution in [-0.2, 0) is 4.79 Å². The number of amides is 2. The number of carbonyl (C=O) groups excluding carboxylic acids is 2. The first-order chi connectivity index (χ1) is 12.0. The summed E-state index contributed by atoms with van der Waals surface area (Å²) in [6.07, 6.45) is -4.15. The van der Waals surface area contributed by atoms with Gasteiger partial charge in [0.25, 0.3) is 0 Å². The van der Waals surface area contributed by atoms with Crippen molar-refractivity contribution in [3.05, 3.63) is 46.5 Å². The molecule has 0 aliphatic carbocycles. The normalized spacial score (nSPS) is 15.8. The van der Waals surface area contributed by atoms with E-state index in [1.54, 1.807) is 0 Å². The van der Waals surface area contributed by atoms with Gasteiger partial charge in [-0.25, -0.2) is 9.18 Å². The Morgan fingerprint density at radius 2 is 1.96 bits per heavy atom. The van der Waals surface area contributed by atoms with Gasteiger partial charge < -0.3 is 4.79 Å². The van der Waals surface area contributed by atoms with Gasteiger partial charge >= 0.3 is 12.2 Å². The van der Waals surface area contributed by atoms with Crippen molar-refractivity contribution in [1.29, 1.82) is 0 Å². The fourth-order valence-corrected chi connectivity index (χ4v) is 3.45. The first-order valence-electron chi connectivity index (χ1n) is 7.11. The van der Waals surface area contributed by atoms with Crippen molar-refractivity contribution in [2.45, 2.75) is 18.0 Å². The van der Waals surface area contributed by atoms with Crippen molar-refractivity contribution < 1.29 is 27.2 Å². The van der Waals surface area contributed by atoms with E-state index in [0.29, 0.717) is 16.1 Å². The molecule has 2 amide bonds. The van der Waals surface area contributed by atoms with Gasteiger partial charge in [-0.15, -0.1) is 11.8 Å². The average Bonchev–Trinajstić information content (AvgIpc) is 2.53. The van der Waals surface area contributed by atoms with Crippen LogP contribution in [0.4, 0.5) is 28.0 Å². The average molecular weight is 409 g/mol. The molecule has 0 atom stereocenters. The fraction of sp³-hybridized carbons (Fsp3) is 0.250. The number of allylic oxidation sites excluding steroid dienone is 2. The van der Waals surface area contributed by atoms with Crippen LogP contribution in [-0.4, -0.2) is 36.2 Å². The molecule has 1 aliphatic heterocycles. The minimum absolute atomic E-state index is 0.0183. The van der Waals surface area contributed by atoms with E-state index in [9.17, 15) is 27.2 Å². The number of thioether (sulfide) groups is 1. The summed E-state index contributed by atoms with van der Waals surface area (Å²) >= 11 is 6.92. The Labute approximate surface area is 156 Å². The smallest absolute Gasteiger partial charge is 0.302 e. The van der Waals surface area contributed by atoms with Gasteiger partial charge in [-0.2, -0.15) is 13.2 Å². The SMILES string of the molecule is C=C1C(C)=C(C(F)(F)F)N(C)C(=O)N1c1cc(SCC=O)c(Cl)cc1F. The summed E-state index contributed by atoms with van der Waals surface area (Å²) in [7, 11) is 0.948. The predicted molar refractivity (Wildman–Crippen MR) is 91.7 cm³/mol. The maximum atomic E-state index is 14.4. The van der Waals surface area contributed by atoms with Crippen LogP contribution in [0.15, 0.2) is 40.6 Å². The molecule has 140 valence electrons. The molecule has 1 aliphatic rings. The minimum atomic E-state index is -4.77. The molecule has 26 heavy (non-hydrogen) atoms. The second kappa shape index (κ2) is 7.32. The molecule has 0 saturated carbocycles. The van der Waals surface area contributed by atoms with Crippen molar-refractivity contribution in [3.63, 3.8) is 0 Å². The maximum Gasteiger partial charge on any atom is 0.431 e. The molecule has 0 unspecified atom stereocenters. The quantitative estimate of drug-likeness (QED) is 0.400. The highest BCUT2D eigenvalue weighted by atomic mass is 35.5. The van der Waals surface area contributed by atoms with Crippen LogP contribution < -0.4 is 4.90 Å². The highest BCUT2D eigenvalue weighted by Crippen LogP contribution is 2.41. The molecule has 0 N–H and O–H groups in total. The van der Waals surface area contributed by atoms with Gasteiger partial charge in [0.05, 0.1) is 16.5 Å². The van der Waals surface area contributed by atoms with Crippen molar-refractivity contribution in [2.24, 2.45) is 0 Å². The number of hydrogen-bond acceptors (Lipinski definition) is 3. The van der Waals surface area contributed by atoms with Crippen LogP contribution in [0.1, 0.15) is 6.92 Å². The molecule has 1 aromatic rings. The molecule has 0 aromatic heterocycles. The van der Waals surface area contributed by atoms with Gasteiger partial charge in [0.1, 0.15) is 17.8 Å². The molecule has 0 spiro atoms. The highest BCUT2D eigenvalue weighted by Gasteiger charge is 2.46. The Kier molecular flexibility index (Phi) is 5.72. The Bertz CT molecular complexity index is 823. The number of carbonyl (C=O) groups is 2. The van der Waals surface area contributed by atoms with Crippen LogP contribution >= 0.6 is 23.4 Å². The van der Waals surface area contributed by atoms with E-state index in [-0.39, 0.29) is 27.7 Å². The van der Waals surface area contributed by atoms with E-state index in [1.165, 1.54) is 6.07 Å². The van der Waals surface area contributed by atoms with E-state index < -0.39 is 23.7 Å². The summed E-state index contributed by atoms with van der Waals surface area (Å²) in [5.74, 6) is -0.867. The Morgan fingerprint density at radius 3 is 2.50 bits per heavy atom. The first-order valence-corrected chi connectivity index (χ1v) is 8.47. The van der Waals surface area contributed by atoms with Crippen LogP contribution in [0, 0.1) is 5.82 Å². The van der Waals surface area contributed by atoms with E-state index in [2.05, 4.69) is 6.58 Å². The molecule has 2 rings (SSSR count). The zero-order valence-corrected chi connectivity index (χ0v) is 15.2. The largest absolute Gasteiger partial charge is 0.431 e. The molecule has 4 nitrogen and oxygen atoms in total. The van der Waals surface area contributed by atoms with Gasteiger partial charge in [-0.1, -0.05) is 18.2 Å². The number of halogens is 5. The summed E-state index contributed by atoms with van der Waals surface area (Å²) in [5, 5.41) is 0.0183. The number of aldehydes is 1. The lowest BCUT2D eigenvalue weighted by Gasteiger charge is -2.38. The number of urea groups is 1. The molecular weight excluding hydrogens is 396 g/mol. The number of benzene rings is 1. The standard InChI is InChI=1S/C16H13ClF4N2O2S/c1-8-9(2)23(15(25)22(3)14(8)16(19,20)21)12-7-13(26-5-4-24)10(17)6-11(12)18/h4,6-7H,2,5H2,1,3H3. The summed E-state index contributed by atoms with van der Waals surface area (Å²) in [5.41, 5.74) is -2.07. The summed E-state index contributed by atoms with van der Waals surface area (Å²) in [6, 6.07) is 1.03. The molecule has 1 heterocycles. The topological polar surface area (TPSA) is 40.6 Å². The van der Waals surface area contributed by atoms with Crippen molar-refractivity contribution in [1.82, 2.24) is 4.90 Å². The lowest BCUT2D eigenvalue weighted by molar-refractivity contribution is -0.107. The Morgan fingerprint density at radius 1 is 1.35 bits per heavy atom. The molecule has 10 heteroatoms. The molecule has 0 bridgehead atoms. The molecule has 0 fully saturated rings. The predicted octanol–water partition coefficient (Wildman–Crippen LogP) is 4.99.